The molecule has 1 unspecified atom stereocenters. The lowest BCUT2D eigenvalue weighted by molar-refractivity contribution is 0.638. The van der Waals surface area contributed by atoms with Gasteiger partial charge in [0, 0.05) is 5.56 Å². The van der Waals surface area contributed by atoms with E-state index in [-0.39, 0.29) is 6.04 Å². The first-order valence-electron chi connectivity index (χ1n) is 5.09. The third-order valence-corrected chi connectivity index (χ3v) is 4.05. The highest BCUT2D eigenvalue weighted by atomic mass is 35.5. The fourth-order valence-electron chi connectivity index (χ4n) is 1.77. The second kappa shape index (κ2) is 5.38. The zero-order chi connectivity index (χ0) is 12.4. The Bertz CT molecular complexity index is 525. The van der Waals surface area contributed by atoms with Gasteiger partial charge >= 0.3 is 0 Å². The lowest BCUT2D eigenvalue weighted by atomic mass is 10.0. The molecule has 1 aromatic carbocycles. The molecule has 5 heteroatoms. The van der Waals surface area contributed by atoms with Crippen molar-refractivity contribution >= 4 is 34.5 Å². The van der Waals surface area contributed by atoms with Crippen LogP contribution in [0, 0.1) is 6.92 Å². The summed E-state index contributed by atoms with van der Waals surface area (Å²) >= 11 is 13.4. The van der Waals surface area contributed by atoms with Crippen LogP contribution in [0.2, 0.25) is 8.67 Å². The van der Waals surface area contributed by atoms with Crippen LogP contribution in [-0.2, 0) is 0 Å². The molecule has 0 aliphatic rings. The Morgan fingerprint density at radius 3 is 2.59 bits per heavy atom. The number of benzene rings is 1. The maximum atomic E-state index is 6.15. The number of thiophene rings is 1. The van der Waals surface area contributed by atoms with E-state index in [9.17, 15) is 0 Å². The Kier molecular flexibility index (Phi) is 4.07. The van der Waals surface area contributed by atoms with E-state index in [1.54, 1.807) is 0 Å². The summed E-state index contributed by atoms with van der Waals surface area (Å²) in [6, 6.07) is 9.84. The topological polar surface area (TPSA) is 38.0 Å². The summed E-state index contributed by atoms with van der Waals surface area (Å²) < 4.78 is 1.33. The first-order chi connectivity index (χ1) is 8.11. The summed E-state index contributed by atoms with van der Waals surface area (Å²) in [7, 11) is 0. The van der Waals surface area contributed by atoms with Crippen LogP contribution < -0.4 is 11.3 Å². The summed E-state index contributed by atoms with van der Waals surface area (Å²) in [5.41, 5.74) is 5.95. The van der Waals surface area contributed by atoms with E-state index in [0.717, 1.165) is 11.1 Å². The monoisotopic (exact) mass is 286 g/mol. The fourth-order valence-corrected chi connectivity index (χ4v) is 3.30. The van der Waals surface area contributed by atoms with Crippen LogP contribution in [0.3, 0.4) is 0 Å². The zero-order valence-electron chi connectivity index (χ0n) is 9.21. The van der Waals surface area contributed by atoms with Crippen molar-refractivity contribution in [3.05, 3.63) is 55.7 Å². The summed E-state index contributed by atoms with van der Waals surface area (Å²) in [4.78, 5) is 0. The van der Waals surface area contributed by atoms with Gasteiger partial charge in [-0.1, -0.05) is 53.0 Å². The minimum Gasteiger partial charge on any atom is -0.271 e. The van der Waals surface area contributed by atoms with E-state index in [1.165, 1.54) is 16.9 Å². The number of nitrogens with one attached hydrogen (secondary N) is 1. The zero-order valence-corrected chi connectivity index (χ0v) is 11.5. The number of halogens is 2. The van der Waals surface area contributed by atoms with Crippen molar-refractivity contribution in [1.82, 2.24) is 5.43 Å². The number of hydrazine groups is 1. The molecule has 0 spiro atoms. The van der Waals surface area contributed by atoms with E-state index in [4.69, 9.17) is 29.0 Å². The van der Waals surface area contributed by atoms with Gasteiger partial charge in [0.1, 0.15) is 0 Å². The summed E-state index contributed by atoms with van der Waals surface area (Å²) in [6.45, 7) is 2.04. The molecule has 0 saturated carbocycles. The molecule has 1 aromatic heterocycles. The van der Waals surface area contributed by atoms with Gasteiger partial charge in [0.05, 0.1) is 14.7 Å². The molecule has 0 amide bonds. The van der Waals surface area contributed by atoms with Crippen LogP contribution in [0.5, 0.6) is 0 Å². The van der Waals surface area contributed by atoms with Crippen molar-refractivity contribution in [1.29, 1.82) is 0 Å². The maximum Gasteiger partial charge on any atom is 0.0995 e. The molecule has 2 aromatic rings. The van der Waals surface area contributed by atoms with Crippen LogP contribution in [0.15, 0.2) is 30.3 Å². The number of nitrogens with two attached hydrogens (primary N) is 1. The smallest absolute Gasteiger partial charge is 0.0995 e. The molecule has 1 heterocycles. The van der Waals surface area contributed by atoms with Gasteiger partial charge in [0.25, 0.3) is 0 Å². The van der Waals surface area contributed by atoms with Gasteiger partial charge in [-0.05, 0) is 18.6 Å². The van der Waals surface area contributed by atoms with Crippen LogP contribution in [0.4, 0.5) is 0 Å². The summed E-state index contributed by atoms with van der Waals surface area (Å²) in [5, 5.41) is 0. The number of aryl methyl sites for hydroxylation is 1. The van der Waals surface area contributed by atoms with Gasteiger partial charge in [0.2, 0.25) is 0 Å². The highest BCUT2D eigenvalue weighted by Gasteiger charge is 2.18. The highest BCUT2D eigenvalue weighted by molar-refractivity contribution is 7.20. The predicted molar refractivity (Wildman–Crippen MR) is 74.7 cm³/mol. The third-order valence-electron chi connectivity index (χ3n) is 2.54. The Balaban J connectivity index is 2.43. The summed E-state index contributed by atoms with van der Waals surface area (Å²) in [6.07, 6.45) is 0. The maximum absolute atomic E-state index is 6.15. The molecule has 90 valence electrons. The average Bonchev–Trinajstić information content (AvgIpc) is 2.59. The molecule has 0 saturated heterocycles. The molecule has 0 bridgehead atoms. The molecular weight excluding hydrogens is 275 g/mol. The molecular formula is C12H12Cl2N2S. The second-order valence-corrected chi connectivity index (χ2v) is 6.08. The summed E-state index contributed by atoms with van der Waals surface area (Å²) in [5.74, 6) is 5.62. The first-order valence-corrected chi connectivity index (χ1v) is 6.66. The minimum absolute atomic E-state index is 0.133. The van der Waals surface area contributed by atoms with Gasteiger partial charge in [-0.3, -0.25) is 5.84 Å². The largest absolute Gasteiger partial charge is 0.271 e. The Morgan fingerprint density at radius 1 is 1.29 bits per heavy atom. The normalized spacial score (nSPS) is 12.7. The highest BCUT2D eigenvalue weighted by Crippen LogP contribution is 2.37. The molecule has 0 aliphatic heterocycles. The molecule has 0 radical (unpaired) electrons. The second-order valence-electron chi connectivity index (χ2n) is 3.79. The van der Waals surface area contributed by atoms with Crippen LogP contribution in [0.1, 0.15) is 22.7 Å². The van der Waals surface area contributed by atoms with Crippen molar-refractivity contribution in [3.8, 4) is 0 Å². The molecule has 2 nitrogen and oxygen atoms in total. The van der Waals surface area contributed by atoms with E-state index >= 15 is 0 Å². The van der Waals surface area contributed by atoms with Crippen molar-refractivity contribution in [3.63, 3.8) is 0 Å². The van der Waals surface area contributed by atoms with Crippen molar-refractivity contribution in [2.45, 2.75) is 13.0 Å². The minimum atomic E-state index is -0.133. The van der Waals surface area contributed by atoms with Crippen LogP contribution >= 0.6 is 34.5 Å². The van der Waals surface area contributed by atoms with Crippen LogP contribution in [-0.4, -0.2) is 0 Å². The lowest BCUT2D eigenvalue weighted by Gasteiger charge is -2.16. The molecule has 0 aliphatic carbocycles. The number of hydrogen-bond acceptors (Lipinski definition) is 3. The van der Waals surface area contributed by atoms with Crippen LogP contribution in [0.25, 0.3) is 0 Å². The first kappa shape index (κ1) is 12.9. The SMILES string of the molecule is Cc1cccc(C(NN)c2cc(Cl)sc2Cl)c1. The number of rotatable bonds is 3. The van der Waals surface area contributed by atoms with Gasteiger partial charge in [-0.2, -0.15) is 0 Å². The average molecular weight is 287 g/mol. The quantitative estimate of drug-likeness (QED) is 0.663. The predicted octanol–water partition coefficient (Wildman–Crippen LogP) is 3.92. The van der Waals surface area contributed by atoms with Crippen molar-refractivity contribution < 1.29 is 0 Å². The van der Waals surface area contributed by atoms with E-state index in [1.807, 2.05) is 31.2 Å². The Labute approximate surface area is 114 Å². The van der Waals surface area contributed by atoms with Crippen molar-refractivity contribution in [2.24, 2.45) is 5.84 Å². The van der Waals surface area contributed by atoms with Gasteiger partial charge in [-0.15, -0.1) is 11.3 Å². The van der Waals surface area contributed by atoms with Gasteiger partial charge < -0.3 is 0 Å². The van der Waals surface area contributed by atoms with E-state index < -0.39 is 0 Å². The molecule has 3 N–H and O–H groups in total. The molecule has 0 fully saturated rings. The molecule has 2 rings (SSSR count). The number of hydrogen-bond donors (Lipinski definition) is 2. The van der Waals surface area contributed by atoms with E-state index in [2.05, 4.69) is 11.5 Å². The Hall–Kier alpha value is -0.580. The van der Waals surface area contributed by atoms with E-state index in [0.29, 0.717) is 8.67 Å². The Morgan fingerprint density at radius 2 is 2.06 bits per heavy atom. The fraction of sp³-hybridized carbons (Fsp3) is 0.167. The van der Waals surface area contributed by atoms with Gasteiger partial charge in [0.15, 0.2) is 0 Å². The van der Waals surface area contributed by atoms with Gasteiger partial charge in [-0.25, -0.2) is 5.43 Å². The molecule has 1 atom stereocenters. The third kappa shape index (κ3) is 2.81. The lowest BCUT2D eigenvalue weighted by Crippen LogP contribution is -2.28. The molecule has 17 heavy (non-hydrogen) atoms. The van der Waals surface area contributed by atoms with Crippen molar-refractivity contribution in [2.75, 3.05) is 0 Å². The standard InChI is InChI=1S/C12H12Cl2N2S/c1-7-3-2-4-8(5-7)11(16-15)9-6-10(13)17-12(9)14/h2-6,11,16H,15H2,1H3.